The Morgan fingerprint density at radius 1 is 1.38 bits per heavy atom. The zero-order valence-electron chi connectivity index (χ0n) is 7.86. The van der Waals surface area contributed by atoms with E-state index in [2.05, 4.69) is 24.4 Å². The van der Waals surface area contributed by atoms with E-state index in [9.17, 15) is 4.79 Å². The fourth-order valence-electron chi connectivity index (χ4n) is 1.32. The van der Waals surface area contributed by atoms with Gasteiger partial charge in [-0.15, -0.1) is 0 Å². The van der Waals surface area contributed by atoms with E-state index in [1.54, 1.807) is 0 Å². The molecular weight excluding hydrogens is 162 g/mol. The van der Waals surface area contributed by atoms with Crippen molar-refractivity contribution >= 4 is 6.41 Å². The van der Waals surface area contributed by atoms with Gasteiger partial charge in [0.2, 0.25) is 6.41 Å². The molecule has 0 saturated carbocycles. The van der Waals surface area contributed by atoms with E-state index in [4.69, 9.17) is 0 Å². The van der Waals surface area contributed by atoms with Crippen molar-refractivity contribution in [1.29, 1.82) is 0 Å². The van der Waals surface area contributed by atoms with Gasteiger partial charge in [0.25, 0.3) is 0 Å². The molecule has 0 radical (unpaired) electrons. The normalized spacial score (nSPS) is 12.1. The second-order valence-corrected chi connectivity index (χ2v) is 3.08. The fourth-order valence-corrected chi connectivity index (χ4v) is 1.32. The first-order chi connectivity index (χ1) is 6.36. The van der Waals surface area contributed by atoms with Crippen LogP contribution in [0.5, 0.6) is 0 Å². The number of nitrogens with one attached hydrogen (secondary N) is 1. The third kappa shape index (κ3) is 3.28. The van der Waals surface area contributed by atoms with Gasteiger partial charge >= 0.3 is 0 Å². The van der Waals surface area contributed by atoms with Crippen molar-refractivity contribution in [3.05, 3.63) is 35.9 Å². The summed E-state index contributed by atoms with van der Waals surface area (Å²) in [5.74, 6) is 0. The molecule has 0 aromatic heterocycles. The summed E-state index contributed by atoms with van der Waals surface area (Å²) in [5, 5.41) is 2.80. The highest BCUT2D eigenvalue weighted by Crippen LogP contribution is 2.04. The van der Waals surface area contributed by atoms with Gasteiger partial charge in [-0.1, -0.05) is 37.3 Å². The zero-order chi connectivity index (χ0) is 9.52. The van der Waals surface area contributed by atoms with Gasteiger partial charge in [-0.3, -0.25) is 4.79 Å². The van der Waals surface area contributed by atoms with Gasteiger partial charge in [0, 0.05) is 6.04 Å². The van der Waals surface area contributed by atoms with Gasteiger partial charge in [0.05, 0.1) is 0 Å². The molecule has 1 atom stereocenters. The minimum absolute atomic E-state index is 0.264. The molecule has 70 valence electrons. The lowest BCUT2D eigenvalue weighted by molar-refractivity contribution is -0.110. The molecule has 13 heavy (non-hydrogen) atoms. The Morgan fingerprint density at radius 2 is 2.08 bits per heavy atom. The maximum absolute atomic E-state index is 10.3. The van der Waals surface area contributed by atoms with E-state index in [1.165, 1.54) is 5.56 Å². The van der Waals surface area contributed by atoms with Crippen molar-refractivity contribution in [2.45, 2.75) is 25.8 Å². The van der Waals surface area contributed by atoms with Crippen LogP contribution in [0.1, 0.15) is 18.9 Å². The van der Waals surface area contributed by atoms with E-state index in [0.717, 1.165) is 19.3 Å². The Hall–Kier alpha value is -1.31. The van der Waals surface area contributed by atoms with Crippen LogP contribution < -0.4 is 5.32 Å². The summed E-state index contributed by atoms with van der Waals surface area (Å²) < 4.78 is 0. The first-order valence-electron chi connectivity index (χ1n) is 4.60. The monoisotopic (exact) mass is 177 g/mol. The number of rotatable bonds is 5. The Kier molecular flexibility index (Phi) is 4.03. The summed E-state index contributed by atoms with van der Waals surface area (Å²) in [6.45, 7) is 2.07. The summed E-state index contributed by atoms with van der Waals surface area (Å²) in [4.78, 5) is 10.3. The second kappa shape index (κ2) is 5.36. The Labute approximate surface area is 79.0 Å². The number of hydrogen-bond donors (Lipinski definition) is 1. The third-order valence-corrected chi connectivity index (χ3v) is 2.12. The molecule has 0 aliphatic heterocycles. The lowest BCUT2D eigenvalue weighted by Gasteiger charge is -2.13. The molecule has 2 nitrogen and oxygen atoms in total. The number of hydrogen-bond acceptors (Lipinski definition) is 1. The summed E-state index contributed by atoms with van der Waals surface area (Å²) in [7, 11) is 0. The summed E-state index contributed by atoms with van der Waals surface area (Å²) in [6.07, 6.45) is 2.65. The standard InChI is InChI=1S/C11H15NO/c1-2-11(12-9-13)8-10-6-4-3-5-7-10/h3-7,9,11H,2,8H2,1H3,(H,12,13)/t11-/m1/s1. The van der Waals surface area contributed by atoms with Gasteiger partial charge in [0.15, 0.2) is 0 Å². The quantitative estimate of drug-likeness (QED) is 0.682. The molecule has 0 unspecified atom stereocenters. The molecule has 0 bridgehead atoms. The molecular formula is C11H15NO. The Bertz CT molecular complexity index is 246. The lowest BCUT2D eigenvalue weighted by Crippen LogP contribution is -2.28. The van der Waals surface area contributed by atoms with Crippen LogP contribution in [0.3, 0.4) is 0 Å². The van der Waals surface area contributed by atoms with Crippen LogP contribution in [0.15, 0.2) is 30.3 Å². The predicted octanol–water partition coefficient (Wildman–Crippen LogP) is 1.75. The highest BCUT2D eigenvalue weighted by atomic mass is 16.1. The van der Waals surface area contributed by atoms with Crippen molar-refractivity contribution in [1.82, 2.24) is 5.32 Å². The minimum atomic E-state index is 0.264. The smallest absolute Gasteiger partial charge is 0.207 e. The van der Waals surface area contributed by atoms with Crippen molar-refractivity contribution in [2.75, 3.05) is 0 Å². The summed E-state index contributed by atoms with van der Waals surface area (Å²) in [5.41, 5.74) is 1.27. The average molecular weight is 177 g/mol. The maximum Gasteiger partial charge on any atom is 0.207 e. The number of amides is 1. The fraction of sp³-hybridized carbons (Fsp3) is 0.364. The predicted molar refractivity (Wildman–Crippen MR) is 53.4 cm³/mol. The highest BCUT2D eigenvalue weighted by Gasteiger charge is 2.04. The summed E-state index contributed by atoms with van der Waals surface area (Å²) >= 11 is 0. The van der Waals surface area contributed by atoms with Crippen LogP contribution in [0.4, 0.5) is 0 Å². The second-order valence-electron chi connectivity index (χ2n) is 3.08. The average Bonchev–Trinajstić information content (AvgIpc) is 2.19. The molecule has 0 aliphatic carbocycles. The molecule has 0 fully saturated rings. The van der Waals surface area contributed by atoms with E-state index in [0.29, 0.717) is 0 Å². The van der Waals surface area contributed by atoms with Gasteiger partial charge in [-0.05, 0) is 18.4 Å². The SMILES string of the molecule is CC[C@H](Cc1ccccc1)NC=O. The molecule has 0 heterocycles. The zero-order valence-corrected chi connectivity index (χ0v) is 7.86. The summed E-state index contributed by atoms with van der Waals surface area (Å²) in [6, 6.07) is 10.5. The minimum Gasteiger partial charge on any atom is -0.356 e. The van der Waals surface area contributed by atoms with Gasteiger partial charge < -0.3 is 5.32 Å². The topological polar surface area (TPSA) is 29.1 Å². The number of carbonyl (C=O) groups is 1. The van der Waals surface area contributed by atoms with Crippen LogP contribution in [0, 0.1) is 0 Å². The van der Waals surface area contributed by atoms with Gasteiger partial charge in [-0.25, -0.2) is 0 Å². The third-order valence-electron chi connectivity index (χ3n) is 2.12. The van der Waals surface area contributed by atoms with Crippen LogP contribution >= 0.6 is 0 Å². The van der Waals surface area contributed by atoms with Crippen LogP contribution in [0.25, 0.3) is 0 Å². The van der Waals surface area contributed by atoms with E-state index < -0.39 is 0 Å². The van der Waals surface area contributed by atoms with E-state index >= 15 is 0 Å². The molecule has 1 aromatic rings. The first-order valence-corrected chi connectivity index (χ1v) is 4.60. The van der Waals surface area contributed by atoms with E-state index in [-0.39, 0.29) is 6.04 Å². The molecule has 1 amide bonds. The molecule has 1 N–H and O–H groups in total. The van der Waals surface area contributed by atoms with E-state index in [1.807, 2.05) is 18.2 Å². The molecule has 0 aliphatic rings. The first kappa shape index (κ1) is 9.78. The molecule has 0 spiro atoms. The van der Waals surface area contributed by atoms with Crippen molar-refractivity contribution in [2.24, 2.45) is 0 Å². The van der Waals surface area contributed by atoms with Gasteiger partial charge in [0.1, 0.15) is 0 Å². The largest absolute Gasteiger partial charge is 0.356 e. The van der Waals surface area contributed by atoms with Crippen LogP contribution in [-0.2, 0) is 11.2 Å². The van der Waals surface area contributed by atoms with Crippen molar-refractivity contribution < 1.29 is 4.79 Å². The molecule has 1 aromatic carbocycles. The Balaban J connectivity index is 2.51. The molecule has 1 rings (SSSR count). The Morgan fingerprint density at radius 3 is 2.62 bits per heavy atom. The maximum atomic E-state index is 10.3. The van der Waals surface area contributed by atoms with Gasteiger partial charge in [-0.2, -0.15) is 0 Å². The highest BCUT2D eigenvalue weighted by molar-refractivity contribution is 5.46. The molecule has 2 heteroatoms. The number of benzene rings is 1. The molecule has 0 saturated heterocycles. The van der Waals surface area contributed by atoms with Crippen molar-refractivity contribution in [3.63, 3.8) is 0 Å². The lowest BCUT2D eigenvalue weighted by atomic mass is 10.0. The van der Waals surface area contributed by atoms with Crippen LogP contribution in [0.2, 0.25) is 0 Å². The van der Waals surface area contributed by atoms with Crippen molar-refractivity contribution in [3.8, 4) is 0 Å². The van der Waals surface area contributed by atoms with Crippen LogP contribution in [-0.4, -0.2) is 12.5 Å². The number of carbonyl (C=O) groups excluding carboxylic acids is 1.